The van der Waals surface area contributed by atoms with Crippen molar-refractivity contribution in [1.29, 1.82) is 0 Å². The number of carbonyl (C=O) groups is 1. The predicted octanol–water partition coefficient (Wildman–Crippen LogP) is 3.29. The number of ether oxygens (including phenoxy) is 1. The van der Waals surface area contributed by atoms with Crippen LogP contribution in [-0.4, -0.2) is 13.1 Å². The second kappa shape index (κ2) is 6.04. The Kier molecular flexibility index (Phi) is 4.39. The first-order valence-electron chi connectivity index (χ1n) is 6.06. The van der Waals surface area contributed by atoms with E-state index in [1.165, 1.54) is 23.1 Å². The number of methoxy groups -OCH3 is 1. The van der Waals surface area contributed by atoms with Gasteiger partial charge in [-0.2, -0.15) is 0 Å². The maximum absolute atomic E-state index is 11.5. The van der Waals surface area contributed by atoms with Crippen molar-refractivity contribution >= 4 is 17.3 Å². The Morgan fingerprint density at radius 2 is 2.26 bits per heavy atom. The summed E-state index contributed by atoms with van der Waals surface area (Å²) in [6.45, 7) is 4.76. The summed E-state index contributed by atoms with van der Waals surface area (Å²) in [5.41, 5.74) is 0.812. The van der Waals surface area contributed by atoms with Crippen LogP contribution in [0.15, 0.2) is 28.9 Å². The SMILES string of the molecule is COC(=O)c1occc1CNC(C)c1ccc(C)s1. The van der Waals surface area contributed by atoms with Crippen molar-refractivity contribution in [1.82, 2.24) is 5.32 Å². The molecule has 0 saturated heterocycles. The summed E-state index contributed by atoms with van der Waals surface area (Å²) in [4.78, 5) is 14.0. The van der Waals surface area contributed by atoms with Crippen LogP contribution in [0.5, 0.6) is 0 Å². The molecule has 0 amide bonds. The van der Waals surface area contributed by atoms with Crippen LogP contribution in [0.4, 0.5) is 0 Å². The van der Waals surface area contributed by atoms with Gasteiger partial charge in [0.05, 0.1) is 13.4 Å². The zero-order chi connectivity index (χ0) is 13.8. The lowest BCUT2D eigenvalue weighted by atomic mass is 10.2. The molecule has 2 rings (SSSR count). The van der Waals surface area contributed by atoms with Crippen LogP contribution in [0.3, 0.4) is 0 Å². The van der Waals surface area contributed by atoms with Gasteiger partial charge in [0.1, 0.15) is 0 Å². The number of rotatable bonds is 5. The fourth-order valence-corrected chi connectivity index (χ4v) is 2.70. The van der Waals surface area contributed by atoms with Crippen LogP contribution >= 0.6 is 11.3 Å². The Morgan fingerprint density at radius 3 is 2.89 bits per heavy atom. The Hall–Kier alpha value is -1.59. The highest BCUT2D eigenvalue weighted by molar-refractivity contribution is 7.12. The van der Waals surface area contributed by atoms with Crippen LogP contribution in [0.25, 0.3) is 0 Å². The minimum absolute atomic E-state index is 0.235. The molecule has 102 valence electrons. The van der Waals surface area contributed by atoms with Crippen LogP contribution in [0.2, 0.25) is 0 Å². The minimum Gasteiger partial charge on any atom is -0.463 e. The molecule has 4 nitrogen and oxygen atoms in total. The molecule has 0 fully saturated rings. The molecule has 0 aliphatic heterocycles. The zero-order valence-electron chi connectivity index (χ0n) is 11.2. The monoisotopic (exact) mass is 279 g/mol. The summed E-state index contributed by atoms with van der Waals surface area (Å²) in [7, 11) is 1.35. The summed E-state index contributed by atoms with van der Waals surface area (Å²) < 4.78 is 9.82. The van der Waals surface area contributed by atoms with E-state index in [1.807, 2.05) is 0 Å². The lowest BCUT2D eigenvalue weighted by Gasteiger charge is -2.11. The van der Waals surface area contributed by atoms with Gasteiger partial charge in [0, 0.05) is 27.9 Å². The summed E-state index contributed by atoms with van der Waals surface area (Å²) in [6, 6.07) is 6.25. The van der Waals surface area contributed by atoms with Crippen molar-refractivity contribution < 1.29 is 13.9 Å². The van der Waals surface area contributed by atoms with E-state index in [0.717, 1.165) is 5.56 Å². The summed E-state index contributed by atoms with van der Waals surface area (Å²) in [6.07, 6.45) is 1.50. The number of esters is 1. The van der Waals surface area contributed by atoms with Crippen LogP contribution in [-0.2, 0) is 11.3 Å². The molecular formula is C14H17NO3S. The lowest BCUT2D eigenvalue weighted by Crippen LogP contribution is -2.18. The zero-order valence-corrected chi connectivity index (χ0v) is 12.0. The third kappa shape index (κ3) is 3.24. The van der Waals surface area contributed by atoms with E-state index < -0.39 is 5.97 Å². The van der Waals surface area contributed by atoms with Crippen LogP contribution in [0.1, 0.15) is 38.8 Å². The molecule has 2 aromatic heterocycles. The molecule has 1 N–H and O–H groups in total. The molecule has 0 aliphatic rings. The Balaban J connectivity index is 1.99. The number of nitrogens with one attached hydrogen (secondary N) is 1. The fourth-order valence-electron chi connectivity index (χ4n) is 1.80. The number of hydrogen-bond donors (Lipinski definition) is 1. The van der Waals surface area contributed by atoms with Gasteiger partial charge in [-0.25, -0.2) is 4.79 Å². The molecule has 0 radical (unpaired) electrons. The van der Waals surface area contributed by atoms with Gasteiger partial charge >= 0.3 is 5.97 Å². The molecule has 19 heavy (non-hydrogen) atoms. The highest BCUT2D eigenvalue weighted by Gasteiger charge is 2.16. The van der Waals surface area contributed by atoms with Crippen molar-refractivity contribution in [2.75, 3.05) is 7.11 Å². The molecule has 2 aromatic rings. The molecule has 1 atom stereocenters. The van der Waals surface area contributed by atoms with Crippen molar-refractivity contribution in [2.24, 2.45) is 0 Å². The topological polar surface area (TPSA) is 51.5 Å². The number of thiophene rings is 1. The minimum atomic E-state index is -0.443. The number of aryl methyl sites for hydroxylation is 1. The van der Waals surface area contributed by atoms with Crippen molar-refractivity contribution in [3.63, 3.8) is 0 Å². The van der Waals surface area contributed by atoms with E-state index in [0.29, 0.717) is 6.54 Å². The van der Waals surface area contributed by atoms with Gasteiger partial charge in [0.25, 0.3) is 0 Å². The summed E-state index contributed by atoms with van der Waals surface area (Å²) >= 11 is 1.77. The molecule has 0 spiro atoms. The molecule has 0 aliphatic carbocycles. The van der Waals surface area contributed by atoms with E-state index in [9.17, 15) is 4.79 Å². The standard InChI is InChI=1S/C14H17NO3S/c1-9-4-5-12(19-9)10(2)15-8-11-6-7-18-13(11)14(16)17-3/h4-7,10,15H,8H2,1-3H3. The van der Waals surface area contributed by atoms with Gasteiger partial charge in [-0.3, -0.25) is 0 Å². The van der Waals surface area contributed by atoms with Gasteiger partial charge in [-0.05, 0) is 32.0 Å². The van der Waals surface area contributed by atoms with E-state index in [-0.39, 0.29) is 11.8 Å². The van der Waals surface area contributed by atoms with Gasteiger partial charge in [0.2, 0.25) is 5.76 Å². The van der Waals surface area contributed by atoms with Crippen molar-refractivity contribution in [2.45, 2.75) is 26.4 Å². The fraction of sp³-hybridized carbons (Fsp3) is 0.357. The molecule has 5 heteroatoms. The normalized spacial score (nSPS) is 12.4. The van der Waals surface area contributed by atoms with Crippen molar-refractivity contribution in [3.8, 4) is 0 Å². The van der Waals surface area contributed by atoms with Crippen LogP contribution in [0, 0.1) is 6.92 Å². The highest BCUT2D eigenvalue weighted by atomic mass is 32.1. The summed E-state index contributed by atoms with van der Waals surface area (Å²) in [5, 5.41) is 3.38. The molecule has 0 bridgehead atoms. The first-order chi connectivity index (χ1) is 9.11. The van der Waals surface area contributed by atoms with Gasteiger partial charge in [0.15, 0.2) is 0 Å². The highest BCUT2D eigenvalue weighted by Crippen LogP contribution is 2.23. The molecule has 0 saturated carbocycles. The number of carbonyl (C=O) groups excluding carboxylic acids is 1. The van der Waals surface area contributed by atoms with Gasteiger partial charge < -0.3 is 14.5 Å². The van der Waals surface area contributed by atoms with E-state index in [2.05, 4.69) is 36.0 Å². The van der Waals surface area contributed by atoms with Crippen LogP contribution < -0.4 is 5.32 Å². The molecule has 2 heterocycles. The van der Waals surface area contributed by atoms with E-state index in [4.69, 9.17) is 4.42 Å². The first-order valence-corrected chi connectivity index (χ1v) is 6.88. The smallest absolute Gasteiger partial charge is 0.374 e. The second-order valence-electron chi connectivity index (χ2n) is 4.32. The van der Waals surface area contributed by atoms with E-state index >= 15 is 0 Å². The third-order valence-electron chi connectivity index (χ3n) is 2.90. The largest absolute Gasteiger partial charge is 0.463 e. The maximum atomic E-state index is 11.5. The molecule has 0 aromatic carbocycles. The quantitative estimate of drug-likeness (QED) is 0.853. The number of furan rings is 1. The maximum Gasteiger partial charge on any atom is 0.374 e. The van der Waals surface area contributed by atoms with Gasteiger partial charge in [-0.15, -0.1) is 11.3 Å². The summed E-state index contributed by atoms with van der Waals surface area (Å²) in [5.74, 6) is -0.175. The number of hydrogen-bond acceptors (Lipinski definition) is 5. The Morgan fingerprint density at radius 1 is 1.47 bits per heavy atom. The van der Waals surface area contributed by atoms with Crippen molar-refractivity contribution in [3.05, 3.63) is 45.5 Å². The average molecular weight is 279 g/mol. The average Bonchev–Trinajstić information content (AvgIpc) is 3.03. The van der Waals surface area contributed by atoms with Gasteiger partial charge in [-0.1, -0.05) is 0 Å². The Labute approximate surface area is 116 Å². The third-order valence-corrected chi connectivity index (χ3v) is 4.09. The van der Waals surface area contributed by atoms with E-state index in [1.54, 1.807) is 17.4 Å². The predicted molar refractivity (Wildman–Crippen MR) is 74.4 cm³/mol. The Bertz CT molecular complexity index is 559. The first kappa shape index (κ1) is 13.8. The molecule has 1 unspecified atom stereocenters. The molecular weight excluding hydrogens is 262 g/mol. The second-order valence-corrected chi connectivity index (χ2v) is 5.64. The lowest BCUT2D eigenvalue weighted by molar-refractivity contribution is 0.0563.